The number of hydrogen-bond donors (Lipinski definition) is 0. The van der Waals surface area contributed by atoms with Crippen molar-refractivity contribution in [1.29, 1.82) is 5.26 Å². The zero-order valence-electron chi connectivity index (χ0n) is 8.71. The number of esters is 1. The van der Waals surface area contributed by atoms with Gasteiger partial charge in [0.1, 0.15) is 17.5 Å². The summed E-state index contributed by atoms with van der Waals surface area (Å²) in [6, 6.07) is 2.93. The summed E-state index contributed by atoms with van der Waals surface area (Å²) in [6.45, 7) is 0. The number of halogens is 3. The molecule has 0 fully saturated rings. The van der Waals surface area contributed by atoms with Gasteiger partial charge in [-0.25, -0.2) is 18.6 Å². The molecule has 0 spiro atoms. The minimum Gasteiger partial charge on any atom is -0.465 e. The van der Waals surface area contributed by atoms with E-state index in [1.165, 1.54) is 6.07 Å². The fourth-order valence-corrected chi connectivity index (χ4v) is 1.72. The van der Waals surface area contributed by atoms with Crippen molar-refractivity contribution in [2.75, 3.05) is 7.11 Å². The van der Waals surface area contributed by atoms with E-state index < -0.39 is 18.1 Å². The summed E-state index contributed by atoms with van der Waals surface area (Å²) in [5.41, 5.74) is -0.940. The fraction of sp³-hybridized carbons (Fsp3) is 0.300. The molecule has 1 rings (SSSR count). The van der Waals surface area contributed by atoms with Gasteiger partial charge in [-0.1, -0.05) is 15.9 Å². The lowest BCUT2D eigenvalue weighted by Crippen LogP contribution is -2.12. The SMILES string of the molecule is COC(=O)c1c(CBr)cc(C#N)nc1C(F)F. The fourth-order valence-electron chi connectivity index (χ4n) is 1.28. The largest absolute Gasteiger partial charge is 0.465 e. The van der Waals surface area contributed by atoms with E-state index in [1.807, 2.05) is 0 Å². The first kappa shape index (κ1) is 13.5. The van der Waals surface area contributed by atoms with Gasteiger partial charge in [0.05, 0.1) is 12.7 Å². The molecular weight excluding hydrogens is 298 g/mol. The third-order valence-corrected chi connectivity index (χ3v) is 2.59. The van der Waals surface area contributed by atoms with E-state index in [0.29, 0.717) is 0 Å². The van der Waals surface area contributed by atoms with Gasteiger partial charge in [0, 0.05) is 5.33 Å². The number of alkyl halides is 3. The lowest BCUT2D eigenvalue weighted by Gasteiger charge is -2.10. The van der Waals surface area contributed by atoms with Crippen LogP contribution in [0.1, 0.15) is 33.7 Å². The van der Waals surface area contributed by atoms with Gasteiger partial charge in [-0.2, -0.15) is 5.26 Å². The van der Waals surface area contributed by atoms with Crippen molar-refractivity contribution in [3.05, 3.63) is 28.6 Å². The van der Waals surface area contributed by atoms with Crippen molar-refractivity contribution in [2.24, 2.45) is 0 Å². The molecule has 0 saturated carbocycles. The maximum absolute atomic E-state index is 12.8. The summed E-state index contributed by atoms with van der Waals surface area (Å²) < 4.78 is 30.0. The van der Waals surface area contributed by atoms with Crippen molar-refractivity contribution in [3.8, 4) is 6.07 Å². The van der Waals surface area contributed by atoms with E-state index in [0.717, 1.165) is 7.11 Å². The normalized spacial score (nSPS) is 10.1. The maximum atomic E-state index is 12.8. The summed E-state index contributed by atoms with van der Waals surface area (Å²) in [4.78, 5) is 14.9. The Kier molecular flexibility index (Phi) is 4.52. The quantitative estimate of drug-likeness (QED) is 0.636. The second kappa shape index (κ2) is 5.68. The van der Waals surface area contributed by atoms with Crippen LogP contribution < -0.4 is 0 Å². The van der Waals surface area contributed by atoms with Crippen LogP contribution in [0.4, 0.5) is 8.78 Å². The van der Waals surface area contributed by atoms with Gasteiger partial charge in [-0.15, -0.1) is 0 Å². The number of hydrogen-bond acceptors (Lipinski definition) is 4. The molecular formula is C10H7BrF2N2O2. The first-order valence-electron chi connectivity index (χ1n) is 4.41. The van der Waals surface area contributed by atoms with E-state index in [4.69, 9.17) is 5.26 Å². The van der Waals surface area contributed by atoms with Crippen LogP contribution in [0.25, 0.3) is 0 Å². The summed E-state index contributed by atoms with van der Waals surface area (Å²) in [6.07, 6.45) is -2.95. The van der Waals surface area contributed by atoms with E-state index in [9.17, 15) is 13.6 Å². The Hall–Kier alpha value is -1.55. The van der Waals surface area contributed by atoms with Gasteiger partial charge in [-0.05, 0) is 11.6 Å². The lowest BCUT2D eigenvalue weighted by atomic mass is 10.1. The molecule has 4 nitrogen and oxygen atoms in total. The van der Waals surface area contributed by atoms with Crippen LogP contribution in [-0.4, -0.2) is 18.1 Å². The van der Waals surface area contributed by atoms with Crippen LogP contribution in [0, 0.1) is 11.3 Å². The first-order valence-corrected chi connectivity index (χ1v) is 5.53. The molecule has 0 atom stereocenters. The number of aromatic nitrogens is 1. The second-order valence-corrected chi connectivity index (χ2v) is 3.53. The molecule has 1 aromatic rings. The van der Waals surface area contributed by atoms with Gasteiger partial charge in [0.2, 0.25) is 0 Å². The smallest absolute Gasteiger partial charge is 0.340 e. The number of carbonyl (C=O) groups is 1. The number of pyridine rings is 1. The summed E-state index contributed by atoms with van der Waals surface area (Å²) in [5, 5.41) is 8.81. The molecule has 0 unspecified atom stereocenters. The highest BCUT2D eigenvalue weighted by molar-refractivity contribution is 9.08. The molecule has 0 saturated heterocycles. The maximum Gasteiger partial charge on any atom is 0.340 e. The standard InChI is InChI=1S/C10H7BrF2N2O2/c1-17-10(16)7-5(3-11)2-6(4-14)15-8(7)9(12)13/h2,9H,3H2,1H3. The highest BCUT2D eigenvalue weighted by Crippen LogP contribution is 2.26. The summed E-state index contributed by atoms with van der Waals surface area (Å²) >= 11 is 3.06. The van der Waals surface area contributed by atoms with Crippen molar-refractivity contribution in [1.82, 2.24) is 4.98 Å². The second-order valence-electron chi connectivity index (χ2n) is 2.96. The molecule has 7 heteroatoms. The molecule has 0 radical (unpaired) electrons. The minimum absolute atomic E-state index is 0.147. The van der Waals surface area contributed by atoms with E-state index in [1.54, 1.807) is 6.07 Å². The number of nitriles is 1. The van der Waals surface area contributed by atoms with Crippen molar-refractivity contribution in [2.45, 2.75) is 11.8 Å². The van der Waals surface area contributed by atoms with Crippen LogP contribution in [0.15, 0.2) is 6.07 Å². The minimum atomic E-state index is -2.95. The Morgan fingerprint density at radius 3 is 2.76 bits per heavy atom. The first-order chi connectivity index (χ1) is 8.04. The number of nitrogens with zero attached hydrogens (tertiary/aromatic N) is 2. The highest BCUT2D eigenvalue weighted by atomic mass is 79.9. The Bertz CT molecular complexity index is 486. The van der Waals surface area contributed by atoms with Crippen molar-refractivity contribution in [3.63, 3.8) is 0 Å². The van der Waals surface area contributed by atoms with Crippen LogP contribution in [-0.2, 0) is 10.1 Å². The van der Waals surface area contributed by atoms with E-state index >= 15 is 0 Å². The number of ether oxygens (including phenoxy) is 1. The zero-order chi connectivity index (χ0) is 13.0. The van der Waals surface area contributed by atoms with Crippen molar-refractivity contribution >= 4 is 21.9 Å². The molecule has 0 N–H and O–H groups in total. The Morgan fingerprint density at radius 1 is 1.71 bits per heavy atom. The average Bonchev–Trinajstić information content (AvgIpc) is 2.35. The molecule has 0 amide bonds. The zero-order valence-corrected chi connectivity index (χ0v) is 10.3. The average molecular weight is 305 g/mol. The third-order valence-electron chi connectivity index (χ3n) is 1.98. The Balaban J connectivity index is 3.53. The van der Waals surface area contributed by atoms with E-state index in [2.05, 4.69) is 25.7 Å². The molecule has 1 heterocycles. The molecule has 0 bridgehead atoms. The molecule has 0 aliphatic rings. The van der Waals surface area contributed by atoms with Crippen LogP contribution in [0.3, 0.4) is 0 Å². The Morgan fingerprint density at radius 2 is 2.35 bits per heavy atom. The molecule has 0 aliphatic carbocycles. The molecule has 0 aliphatic heterocycles. The Labute approximate surface area is 104 Å². The number of rotatable bonds is 3. The summed E-state index contributed by atoms with van der Waals surface area (Å²) in [7, 11) is 1.09. The van der Waals surface area contributed by atoms with Gasteiger partial charge in [-0.3, -0.25) is 0 Å². The number of methoxy groups -OCH3 is 1. The molecule has 0 aromatic carbocycles. The predicted octanol–water partition coefficient (Wildman–Crippen LogP) is 2.57. The highest BCUT2D eigenvalue weighted by Gasteiger charge is 2.25. The molecule has 1 aromatic heterocycles. The van der Waals surface area contributed by atoms with E-state index in [-0.39, 0.29) is 22.2 Å². The van der Waals surface area contributed by atoms with Crippen LogP contribution in [0.5, 0.6) is 0 Å². The molecule has 17 heavy (non-hydrogen) atoms. The number of carbonyl (C=O) groups excluding carboxylic acids is 1. The monoisotopic (exact) mass is 304 g/mol. The molecule has 90 valence electrons. The van der Waals surface area contributed by atoms with Gasteiger partial charge >= 0.3 is 5.97 Å². The van der Waals surface area contributed by atoms with Gasteiger partial charge in [0.25, 0.3) is 6.43 Å². The van der Waals surface area contributed by atoms with Crippen LogP contribution in [0.2, 0.25) is 0 Å². The lowest BCUT2D eigenvalue weighted by molar-refractivity contribution is 0.0586. The van der Waals surface area contributed by atoms with Gasteiger partial charge in [0.15, 0.2) is 0 Å². The van der Waals surface area contributed by atoms with Crippen LogP contribution >= 0.6 is 15.9 Å². The predicted molar refractivity (Wildman–Crippen MR) is 57.9 cm³/mol. The van der Waals surface area contributed by atoms with Gasteiger partial charge < -0.3 is 4.74 Å². The van der Waals surface area contributed by atoms with Crippen molar-refractivity contribution < 1.29 is 18.3 Å². The third kappa shape index (κ3) is 2.77. The topological polar surface area (TPSA) is 63.0 Å². The summed E-state index contributed by atoms with van der Waals surface area (Å²) in [5.74, 6) is -0.897.